The van der Waals surface area contributed by atoms with Gasteiger partial charge in [-0.3, -0.25) is 9.36 Å². The molecule has 20 heavy (non-hydrogen) atoms. The number of H-pyrrole nitrogens is 1. The number of fused-ring (bicyclic) bond motifs is 1. The van der Waals surface area contributed by atoms with Crippen LogP contribution in [0, 0.1) is 0 Å². The maximum atomic E-state index is 12.2. The van der Waals surface area contributed by atoms with Crippen molar-refractivity contribution >= 4 is 0 Å². The van der Waals surface area contributed by atoms with Gasteiger partial charge < -0.3 is 14.5 Å². The maximum absolute atomic E-state index is 12.2. The monoisotopic (exact) mass is 274 g/mol. The van der Waals surface area contributed by atoms with E-state index in [0.29, 0.717) is 17.9 Å². The Hall–Kier alpha value is -2.34. The van der Waals surface area contributed by atoms with Gasteiger partial charge in [0.25, 0.3) is 5.56 Å². The number of ether oxygens (including phenoxy) is 2. The Labute approximate surface area is 114 Å². The minimum absolute atomic E-state index is 0.228. The number of rotatable bonds is 3. The first kappa shape index (κ1) is 12.7. The van der Waals surface area contributed by atoms with Gasteiger partial charge in [-0.15, -0.1) is 0 Å². The van der Waals surface area contributed by atoms with Crippen molar-refractivity contribution in [3.8, 4) is 5.75 Å². The van der Waals surface area contributed by atoms with E-state index in [9.17, 15) is 9.59 Å². The van der Waals surface area contributed by atoms with Gasteiger partial charge in [0.15, 0.2) is 0 Å². The summed E-state index contributed by atoms with van der Waals surface area (Å²) < 4.78 is 11.5. The van der Waals surface area contributed by atoms with Gasteiger partial charge in [-0.2, -0.15) is 0 Å². The molecule has 3 rings (SSSR count). The fraction of sp³-hybridized carbons (Fsp3) is 0.286. The molecule has 0 fully saturated rings. The lowest BCUT2D eigenvalue weighted by molar-refractivity contribution is 0.132. The topological polar surface area (TPSA) is 73.3 Å². The quantitative estimate of drug-likeness (QED) is 0.890. The highest BCUT2D eigenvalue weighted by molar-refractivity contribution is 5.27. The Kier molecular flexibility index (Phi) is 3.15. The summed E-state index contributed by atoms with van der Waals surface area (Å²) in [6, 6.07) is 7.25. The number of aromatic amines is 1. The van der Waals surface area contributed by atoms with Crippen molar-refractivity contribution in [2.24, 2.45) is 0 Å². The predicted octanol–water partition coefficient (Wildman–Crippen LogP) is 0.624. The Morgan fingerprint density at radius 3 is 2.70 bits per heavy atom. The van der Waals surface area contributed by atoms with Crippen LogP contribution in [0.1, 0.15) is 16.8 Å². The van der Waals surface area contributed by atoms with Gasteiger partial charge in [-0.1, -0.05) is 12.1 Å². The standard InChI is InChI=1S/C14H14N2O4/c1-19-10-4-2-9(3-5-10)6-16-13(17)11-7-20-8-12(11)15-14(16)18/h2-5H,6-8H2,1H3,(H,15,18). The Morgan fingerprint density at radius 2 is 2.00 bits per heavy atom. The van der Waals surface area contributed by atoms with Crippen molar-refractivity contribution in [3.63, 3.8) is 0 Å². The summed E-state index contributed by atoms with van der Waals surface area (Å²) in [4.78, 5) is 26.9. The van der Waals surface area contributed by atoms with Gasteiger partial charge in [-0.05, 0) is 17.7 Å². The van der Waals surface area contributed by atoms with E-state index in [-0.39, 0.29) is 18.7 Å². The minimum Gasteiger partial charge on any atom is -0.497 e. The minimum atomic E-state index is -0.407. The molecule has 6 heteroatoms. The molecule has 6 nitrogen and oxygen atoms in total. The van der Waals surface area contributed by atoms with Crippen LogP contribution in [0.25, 0.3) is 0 Å². The molecule has 0 unspecified atom stereocenters. The van der Waals surface area contributed by atoms with Crippen molar-refractivity contribution in [2.45, 2.75) is 19.8 Å². The summed E-state index contributed by atoms with van der Waals surface area (Å²) in [7, 11) is 1.59. The van der Waals surface area contributed by atoms with Gasteiger partial charge in [0, 0.05) is 0 Å². The fourth-order valence-electron chi connectivity index (χ4n) is 2.24. The maximum Gasteiger partial charge on any atom is 0.328 e. The number of hydrogen-bond donors (Lipinski definition) is 1. The van der Waals surface area contributed by atoms with Crippen LogP contribution in [0.3, 0.4) is 0 Å². The first-order chi connectivity index (χ1) is 9.69. The number of methoxy groups -OCH3 is 1. The van der Waals surface area contributed by atoms with Crippen LogP contribution in [0.2, 0.25) is 0 Å². The van der Waals surface area contributed by atoms with E-state index < -0.39 is 5.69 Å². The van der Waals surface area contributed by atoms with E-state index in [2.05, 4.69) is 4.98 Å². The van der Waals surface area contributed by atoms with E-state index in [1.54, 1.807) is 19.2 Å². The second-order valence-corrected chi connectivity index (χ2v) is 4.62. The zero-order chi connectivity index (χ0) is 14.1. The van der Waals surface area contributed by atoms with E-state index in [1.807, 2.05) is 12.1 Å². The van der Waals surface area contributed by atoms with Crippen molar-refractivity contribution in [1.82, 2.24) is 9.55 Å². The summed E-state index contributed by atoms with van der Waals surface area (Å²) in [5.74, 6) is 0.734. The highest BCUT2D eigenvalue weighted by Crippen LogP contribution is 2.13. The van der Waals surface area contributed by atoms with Gasteiger partial charge in [0.1, 0.15) is 5.75 Å². The smallest absolute Gasteiger partial charge is 0.328 e. The Morgan fingerprint density at radius 1 is 1.25 bits per heavy atom. The zero-order valence-electron chi connectivity index (χ0n) is 11.0. The SMILES string of the molecule is COc1ccc(Cn2c(=O)[nH]c3c(c2=O)COC3)cc1. The Balaban J connectivity index is 1.98. The van der Waals surface area contributed by atoms with Crippen LogP contribution >= 0.6 is 0 Å². The summed E-state index contributed by atoms with van der Waals surface area (Å²) >= 11 is 0. The average Bonchev–Trinajstić information content (AvgIpc) is 2.92. The third kappa shape index (κ3) is 2.14. The molecule has 1 aliphatic heterocycles. The van der Waals surface area contributed by atoms with Crippen molar-refractivity contribution in [3.05, 3.63) is 61.9 Å². The molecule has 1 aliphatic rings. The number of hydrogen-bond acceptors (Lipinski definition) is 4. The Bertz CT molecular complexity index is 743. The summed E-state index contributed by atoms with van der Waals surface area (Å²) in [6.45, 7) is 0.780. The lowest BCUT2D eigenvalue weighted by atomic mass is 10.2. The van der Waals surface area contributed by atoms with Crippen molar-refractivity contribution < 1.29 is 9.47 Å². The van der Waals surface area contributed by atoms with Gasteiger partial charge in [0.2, 0.25) is 0 Å². The molecule has 1 aromatic heterocycles. The molecule has 2 heterocycles. The lowest BCUT2D eigenvalue weighted by Crippen LogP contribution is -2.37. The van der Waals surface area contributed by atoms with Gasteiger partial charge in [0.05, 0.1) is 38.1 Å². The second-order valence-electron chi connectivity index (χ2n) is 4.62. The van der Waals surface area contributed by atoms with Gasteiger partial charge in [-0.25, -0.2) is 4.79 Å². The van der Waals surface area contributed by atoms with E-state index in [1.165, 1.54) is 4.57 Å². The number of aromatic nitrogens is 2. The number of benzene rings is 1. The van der Waals surface area contributed by atoms with Crippen LogP contribution in [-0.4, -0.2) is 16.7 Å². The average molecular weight is 274 g/mol. The molecular weight excluding hydrogens is 260 g/mol. The number of nitrogens with zero attached hydrogens (tertiary/aromatic N) is 1. The lowest BCUT2D eigenvalue weighted by Gasteiger charge is -2.07. The molecule has 0 radical (unpaired) electrons. The molecule has 0 amide bonds. The highest BCUT2D eigenvalue weighted by atomic mass is 16.5. The van der Waals surface area contributed by atoms with E-state index in [0.717, 1.165) is 11.3 Å². The first-order valence-electron chi connectivity index (χ1n) is 6.24. The molecule has 0 bridgehead atoms. The summed E-state index contributed by atoms with van der Waals surface area (Å²) in [5.41, 5.74) is 1.30. The highest BCUT2D eigenvalue weighted by Gasteiger charge is 2.19. The van der Waals surface area contributed by atoms with Crippen LogP contribution in [-0.2, 0) is 24.5 Å². The molecule has 0 saturated carbocycles. The molecule has 0 aliphatic carbocycles. The largest absolute Gasteiger partial charge is 0.497 e. The normalized spacial score (nSPS) is 13.2. The van der Waals surface area contributed by atoms with Crippen molar-refractivity contribution in [1.29, 1.82) is 0 Å². The van der Waals surface area contributed by atoms with Crippen LogP contribution < -0.4 is 16.0 Å². The summed E-state index contributed by atoms with van der Waals surface area (Å²) in [6.07, 6.45) is 0. The molecule has 2 aromatic rings. The van der Waals surface area contributed by atoms with E-state index >= 15 is 0 Å². The zero-order valence-corrected chi connectivity index (χ0v) is 11.0. The first-order valence-corrected chi connectivity index (χ1v) is 6.24. The fourth-order valence-corrected chi connectivity index (χ4v) is 2.24. The third-order valence-electron chi connectivity index (χ3n) is 3.36. The molecule has 104 valence electrons. The van der Waals surface area contributed by atoms with Crippen LogP contribution in [0.15, 0.2) is 33.9 Å². The molecule has 0 atom stereocenters. The molecule has 1 aromatic carbocycles. The molecule has 0 saturated heterocycles. The molecule has 1 N–H and O–H groups in total. The van der Waals surface area contributed by atoms with E-state index in [4.69, 9.17) is 9.47 Å². The second kappa shape index (κ2) is 4.97. The van der Waals surface area contributed by atoms with Gasteiger partial charge >= 0.3 is 5.69 Å². The predicted molar refractivity (Wildman–Crippen MR) is 71.9 cm³/mol. The third-order valence-corrected chi connectivity index (χ3v) is 3.36. The van der Waals surface area contributed by atoms with Crippen molar-refractivity contribution in [2.75, 3.05) is 7.11 Å². The number of nitrogens with one attached hydrogen (secondary N) is 1. The molecular formula is C14H14N2O4. The summed E-state index contributed by atoms with van der Waals surface area (Å²) in [5, 5.41) is 0. The van der Waals surface area contributed by atoms with Crippen LogP contribution in [0.4, 0.5) is 0 Å². The van der Waals surface area contributed by atoms with Crippen LogP contribution in [0.5, 0.6) is 5.75 Å². The molecule has 0 spiro atoms.